The third-order valence-corrected chi connectivity index (χ3v) is 4.29. The summed E-state index contributed by atoms with van der Waals surface area (Å²) in [4.78, 5) is 30.3. The highest BCUT2D eigenvalue weighted by atomic mass is 16.2. The lowest BCUT2D eigenvalue weighted by molar-refractivity contribution is -0.132. The molecule has 1 aliphatic heterocycles. The van der Waals surface area contributed by atoms with Gasteiger partial charge in [0.15, 0.2) is 0 Å². The van der Waals surface area contributed by atoms with Gasteiger partial charge in [0.2, 0.25) is 5.91 Å². The Bertz CT molecular complexity index is 532. The van der Waals surface area contributed by atoms with Crippen LogP contribution in [0.15, 0.2) is 24.3 Å². The molecule has 1 heterocycles. The van der Waals surface area contributed by atoms with E-state index in [2.05, 4.69) is 6.92 Å². The molecule has 0 saturated carbocycles. The summed E-state index contributed by atoms with van der Waals surface area (Å²) in [6.07, 6.45) is 2.60. The zero-order valence-corrected chi connectivity index (χ0v) is 14.4. The van der Waals surface area contributed by atoms with Crippen LogP contribution in [0.5, 0.6) is 0 Å². The maximum atomic E-state index is 12.5. The minimum atomic E-state index is 0.0518. The molecule has 0 radical (unpaired) electrons. The average Bonchev–Trinajstić information content (AvgIpc) is 2.59. The highest BCUT2D eigenvalue weighted by Gasteiger charge is 2.24. The van der Waals surface area contributed by atoms with E-state index in [-0.39, 0.29) is 11.8 Å². The molecule has 0 atom stereocenters. The molecule has 0 unspecified atom stereocenters. The molecule has 1 aromatic rings. The van der Waals surface area contributed by atoms with Crippen LogP contribution in [0.3, 0.4) is 0 Å². The van der Waals surface area contributed by atoms with Gasteiger partial charge in [-0.1, -0.05) is 13.3 Å². The molecule has 1 saturated heterocycles. The Kier molecular flexibility index (Phi) is 6.02. The van der Waals surface area contributed by atoms with Crippen LogP contribution in [0.1, 0.15) is 36.5 Å². The van der Waals surface area contributed by atoms with Gasteiger partial charge in [-0.25, -0.2) is 0 Å². The van der Waals surface area contributed by atoms with E-state index in [0.29, 0.717) is 38.2 Å². The summed E-state index contributed by atoms with van der Waals surface area (Å²) >= 11 is 0. The van der Waals surface area contributed by atoms with Gasteiger partial charge in [0.1, 0.15) is 0 Å². The van der Waals surface area contributed by atoms with Crippen LogP contribution >= 0.6 is 0 Å². The molecule has 0 bridgehead atoms. The van der Waals surface area contributed by atoms with Gasteiger partial charge >= 0.3 is 0 Å². The van der Waals surface area contributed by atoms with Crippen LogP contribution in [-0.4, -0.2) is 61.9 Å². The second-order valence-corrected chi connectivity index (χ2v) is 6.22. The lowest BCUT2D eigenvalue weighted by Gasteiger charge is -2.35. The van der Waals surface area contributed by atoms with E-state index in [0.717, 1.165) is 18.5 Å². The first-order chi connectivity index (χ1) is 11.0. The molecule has 5 nitrogen and oxygen atoms in total. The Morgan fingerprint density at radius 1 is 1.00 bits per heavy atom. The van der Waals surface area contributed by atoms with Crippen molar-refractivity contribution in [1.29, 1.82) is 0 Å². The quantitative estimate of drug-likeness (QED) is 0.836. The summed E-state index contributed by atoms with van der Waals surface area (Å²) in [7, 11) is 3.96. The van der Waals surface area contributed by atoms with Crippen molar-refractivity contribution in [2.24, 2.45) is 0 Å². The van der Waals surface area contributed by atoms with Gasteiger partial charge in [-0.05, 0) is 30.7 Å². The Hall–Kier alpha value is -2.04. The first kappa shape index (κ1) is 17.3. The maximum absolute atomic E-state index is 12.5. The summed E-state index contributed by atoms with van der Waals surface area (Å²) in [5.41, 5.74) is 1.79. The van der Waals surface area contributed by atoms with Crippen molar-refractivity contribution in [3.63, 3.8) is 0 Å². The smallest absolute Gasteiger partial charge is 0.253 e. The maximum Gasteiger partial charge on any atom is 0.253 e. The van der Waals surface area contributed by atoms with E-state index in [1.807, 2.05) is 53.1 Å². The Balaban J connectivity index is 1.89. The molecule has 126 valence electrons. The summed E-state index contributed by atoms with van der Waals surface area (Å²) < 4.78 is 0. The third-order valence-electron chi connectivity index (χ3n) is 4.29. The van der Waals surface area contributed by atoms with E-state index in [9.17, 15) is 9.59 Å². The van der Waals surface area contributed by atoms with Crippen LogP contribution in [-0.2, 0) is 4.79 Å². The van der Waals surface area contributed by atoms with Crippen LogP contribution < -0.4 is 4.90 Å². The summed E-state index contributed by atoms with van der Waals surface area (Å²) in [6, 6.07) is 7.66. The fourth-order valence-electron chi connectivity index (χ4n) is 2.73. The predicted molar refractivity (Wildman–Crippen MR) is 92.8 cm³/mol. The zero-order valence-electron chi connectivity index (χ0n) is 14.4. The number of hydrogen-bond donors (Lipinski definition) is 0. The van der Waals surface area contributed by atoms with Gasteiger partial charge in [-0.15, -0.1) is 0 Å². The molecule has 0 aromatic heterocycles. The number of amides is 2. The number of rotatable bonds is 5. The second kappa shape index (κ2) is 7.99. The van der Waals surface area contributed by atoms with E-state index in [1.54, 1.807) is 0 Å². The number of unbranched alkanes of at least 4 members (excludes halogenated alkanes) is 1. The molecule has 0 spiro atoms. The second-order valence-electron chi connectivity index (χ2n) is 6.22. The third kappa shape index (κ3) is 4.47. The average molecular weight is 317 g/mol. The number of carbonyl (C=O) groups excluding carboxylic acids is 2. The van der Waals surface area contributed by atoms with Crippen LogP contribution in [0.4, 0.5) is 5.69 Å². The van der Waals surface area contributed by atoms with Crippen molar-refractivity contribution in [2.45, 2.75) is 26.2 Å². The van der Waals surface area contributed by atoms with Crippen LogP contribution in [0.25, 0.3) is 0 Å². The molecular formula is C18H27N3O2. The molecule has 2 amide bonds. The number of carbonyl (C=O) groups is 2. The van der Waals surface area contributed by atoms with Crippen molar-refractivity contribution in [3.8, 4) is 0 Å². The zero-order chi connectivity index (χ0) is 16.8. The highest BCUT2D eigenvalue weighted by Crippen LogP contribution is 2.15. The molecule has 0 N–H and O–H groups in total. The van der Waals surface area contributed by atoms with E-state index < -0.39 is 0 Å². The van der Waals surface area contributed by atoms with Crippen molar-refractivity contribution < 1.29 is 9.59 Å². The van der Waals surface area contributed by atoms with Gasteiger partial charge < -0.3 is 14.7 Å². The number of piperazine rings is 1. The number of anilines is 1. The van der Waals surface area contributed by atoms with Crippen LogP contribution in [0.2, 0.25) is 0 Å². The van der Waals surface area contributed by atoms with Crippen molar-refractivity contribution in [3.05, 3.63) is 29.8 Å². The van der Waals surface area contributed by atoms with E-state index >= 15 is 0 Å². The molecule has 0 aliphatic carbocycles. The van der Waals surface area contributed by atoms with E-state index in [4.69, 9.17) is 0 Å². The highest BCUT2D eigenvalue weighted by molar-refractivity contribution is 5.94. The Morgan fingerprint density at radius 2 is 1.57 bits per heavy atom. The lowest BCUT2D eigenvalue weighted by atomic mass is 10.1. The van der Waals surface area contributed by atoms with Gasteiger partial charge in [-0.3, -0.25) is 9.59 Å². The standard InChI is InChI=1S/C18H27N3O2/c1-4-5-6-17(22)20-11-13-21(14-12-20)18(23)15-7-9-16(10-8-15)19(2)3/h7-10H,4-6,11-14H2,1-3H3. The molecule has 1 aliphatic rings. The minimum Gasteiger partial charge on any atom is -0.378 e. The first-order valence-corrected chi connectivity index (χ1v) is 8.37. The topological polar surface area (TPSA) is 43.9 Å². The largest absolute Gasteiger partial charge is 0.378 e. The van der Waals surface area contributed by atoms with Gasteiger partial charge in [0.05, 0.1) is 0 Å². The SMILES string of the molecule is CCCCC(=O)N1CCN(C(=O)c2ccc(N(C)C)cc2)CC1. The molecule has 2 rings (SSSR count). The first-order valence-electron chi connectivity index (χ1n) is 8.37. The van der Waals surface area contributed by atoms with Crippen molar-refractivity contribution in [2.75, 3.05) is 45.2 Å². The monoisotopic (exact) mass is 317 g/mol. The lowest BCUT2D eigenvalue weighted by Crippen LogP contribution is -2.50. The predicted octanol–water partition coefficient (Wildman–Crippen LogP) is 2.23. The van der Waals surface area contributed by atoms with Crippen LogP contribution in [0, 0.1) is 0 Å². The fourth-order valence-corrected chi connectivity index (χ4v) is 2.73. The number of benzene rings is 1. The molecular weight excluding hydrogens is 290 g/mol. The molecule has 5 heteroatoms. The van der Waals surface area contributed by atoms with Gasteiger partial charge in [0, 0.05) is 57.9 Å². The Morgan fingerprint density at radius 3 is 2.09 bits per heavy atom. The van der Waals surface area contributed by atoms with Crippen molar-refractivity contribution >= 4 is 17.5 Å². The minimum absolute atomic E-state index is 0.0518. The summed E-state index contributed by atoms with van der Waals surface area (Å²) in [6.45, 7) is 4.61. The van der Waals surface area contributed by atoms with Gasteiger partial charge in [-0.2, -0.15) is 0 Å². The van der Waals surface area contributed by atoms with Crippen molar-refractivity contribution in [1.82, 2.24) is 9.80 Å². The molecule has 1 aromatic carbocycles. The molecule has 1 fully saturated rings. The Labute approximate surface area is 138 Å². The van der Waals surface area contributed by atoms with E-state index in [1.165, 1.54) is 0 Å². The molecule has 23 heavy (non-hydrogen) atoms. The summed E-state index contributed by atoms with van der Waals surface area (Å²) in [5.74, 6) is 0.269. The fraction of sp³-hybridized carbons (Fsp3) is 0.556. The summed E-state index contributed by atoms with van der Waals surface area (Å²) in [5, 5.41) is 0. The normalized spacial score (nSPS) is 14.7. The number of nitrogens with zero attached hydrogens (tertiary/aromatic N) is 3. The van der Waals surface area contributed by atoms with Gasteiger partial charge in [0.25, 0.3) is 5.91 Å². The number of hydrogen-bond acceptors (Lipinski definition) is 3.